The van der Waals surface area contributed by atoms with Crippen LogP contribution in [0.25, 0.3) is 22.5 Å². The van der Waals surface area contributed by atoms with Crippen molar-refractivity contribution in [1.29, 1.82) is 0 Å². The smallest absolute Gasteiger partial charge is 0.126 e. The van der Waals surface area contributed by atoms with Crippen molar-refractivity contribution < 1.29 is 0 Å². The molecule has 2 aromatic carbocycles. The van der Waals surface area contributed by atoms with Gasteiger partial charge in [0.2, 0.25) is 0 Å². The summed E-state index contributed by atoms with van der Waals surface area (Å²) in [6, 6.07) is 17.6. The second kappa shape index (κ2) is 7.16. The van der Waals surface area contributed by atoms with Crippen LogP contribution in [0.5, 0.6) is 0 Å². The minimum absolute atomic E-state index is 0.148. The molecular formula is C26H32N2. The molecule has 146 valence electrons. The molecule has 0 radical (unpaired) electrons. The molecule has 0 fully saturated rings. The van der Waals surface area contributed by atoms with Gasteiger partial charge in [0.1, 0.15) is 5.82 Å². The summed E-state index contributed by atoms with van der Waals surface area (Å²) >= 11 is 0. The maximum absolute atomic E-state index is 4.77. The van der Waals surface area contributed by atoms with Crippen molar-refractivity contribution in [3.8, 4) is 22.5 Å². The minimum atomic E-state index is 0.148. The molecule has 0 saturated carbocycles. The molecular weight excluding hydrogens is 340 g/mol. The summed E-state index contributed by atoms with van der Waals surface area (Å²) in [5, 5.41) is 0. The van der Waals surface area contributed by atoms with Crippen LogP contribution in [-0.2, 0) is 10.8 Å². The highest BCUT2D eigenvalue weighted by molar-refractivity contribution is 5.73. The number of aromatic nitrogens is 2. The third kappa shape index (κ3) is 4.16. The summed E-state index contributed by atoms with van der Waals surface area (Å²) in [6.45, 7) is 17.5. The van der Waals surface area contributed by atoms with E-state index in [0.717, 1.165) is 33.9 Å². The average molecular weight is 373 g/mol. The number of aryl methyl sites for hydroxylation is 1. The van der Waals surface area contributed by atoms with Crippen LogP contribution in [0.3, 0.4) is 0 Å². The molecule has 3 aromatic rings. The Morgan fingerprint density at radius 3 is 1.14 bits per heavy atom. The zero-order valence-electron chi connectivity index (χ0n) is 18.5. The lowest BCUT2D eigenvalue weighted by Gasteiger charge is -2.20. The Balaban J connectivity index is 2.05. The number of benzene rings is 2. The van der Waals surface area contributed by atoms with E-state index < -0.39 is 0 Å². The van der Waals surface area contributed by atoms with Gasteiger partial charge in [0.25, 0.3) is 0 Å². The Labute approximate surface area is 170 Å². The van der Waals surface area contributed by atoms with Crippen molar-refractivity contribution in [3.63, 3.8) is 0 Å². The third-order valence-corrected chi connectivity index (χ3v) is 5.31. The highest BCUT2D eigenvalue weighted by Gasteiger charge is 2.17. The van der Waals surface area contributed by atoms with Crippen LogP contribution in [0.2, 0.25) is 0 Å². The van der Waals surface area contributed by atoms with E-state index in [9.17, 15) is 0 Å². The normalized spacial score (nSPS) is 12.3. The van der Waals surface area contributed by atoms with E-state index in [4.69, 9.17) is 9.97 Å². The topological polar surface area (TPSA) is 25.8 Å². The van der Waals surface area contributed by atoms with E-state index in [2.05, 4.69) is 97.0 Å². The highest BCUT2D eigenvalue weighted by Crippen LogP contribution is 2.32. The number of nitrogens with zero attached hydrogens (tertiary/aromatic N) is 2. The highest BCUT2D eigenvalue weighted by atomic mass is 14.9. The summed E-state index contributed by atoms with van der Waals surface area (Å²) in [7, 11) is 0. The molecule has 28 heavy (non-hydrogen) atoms. The lowest BCUT2D eigenvalue weighted by Crippen LogP contribution is -2.10. The molecule has 0 saturated heterocycles. The number of hydrogen-bond donors (Lipinski definition) is 0. The second-order valence-corrected chi connectivity index (χ2v) is 9.75. The predicted molar refractivity (Wildman–Crippen MR) is 120 cm³/mol. The van der Waals surface area contributed by atoms with E-state index in [0.29, 0.717) is 0 Å². The summed E-state index contributed by atoms with van der Waals surface area (Å²) < 4.78 is 0. The van der Waals surface area contributed by atoms with Crippen LogP contribution in [0.15, 0.2) is 48.5 Å². The zero-order valence-corrected chi connectivity index (χ0v) is 18.5. The molecule has 0 atom stereocenters. The van der Waals surface area contributed by atoms with Crippen LogP contribution in [0.4, 0.5) is 0 Å². The fraction of sp³-hybridized carbons (Fsp3) is 0.385. The molecule has 1 aromatic heterocycles. The Bertz CT molecular complexity index is 888. The van der Waals surface area contributed by atoms with Crippen molar-refractivity contribution in [2.24, 2.45) is 0 Å². The molecule has 1 heterocycles. The van der Waals surface area contributed by atoms with Crippen LogP contribution in [0.1, 0.15) is 64.1 Å². The van der Waals surface area contributed by atoms with Gasteiger partial charge in [0.15, 0.2) is 0 Å². The molecule has 3 rings (SSSR count). The molecule has 0 unspecified atom stereocenters. The van der Waals surface area contributed by atoms with Crippen molar-refractivity contribution in [2.75, 3.05) is 0 Å². The van der Waals surface area contributed by atoms with Gasteiger partial charge in [0.05, 0.1) is 11.4 Å². The predicted octanol–water partition coefficient (Wildman–Crippen LogP) is 7.02. The largest absolute Gasteiger partial charge is 0.233 e. The van der Waals surface area contributed by atoms with E-state index in [-0.39, 0.29) is 10.8 Å². The molecule has 0 N–H and O–H groups in total. The van der Waals surface area contributed by atoms with Gasteiger partial charge in [-0.15, -0.1) is 0 Å². The summed E-state index contributed by atoms with van der Waals surface area (Å²) in [6.07, 6.45) is 0. The molecule has 0 bridgehead atoms. The Morgan fingerprint density at radius 1 is 0.536 bits per heavy atom. The zero-order chi connectivity index (χ0) is 20.7. The van der Waals surface area contributed by atoms with Crippen LogP contribution in [-0.4, -0.2) is 9.97 Å². The summed E-state index contributed by atoms with van der Waals surface area (Å²) in [5.74, 6) is 0.801. The molecule has 2 heteroatoms. The molecule has 0 aliphatic rings. The Kier molecular flexibility index (Phi) is 5.18. The fourth-order valence-electron chi connectivity index (χ4n) is 3.45. The minimum Gasteiger partial charge on any atom is -0.233 e. The van der Waals surface area contributed by atoms with Crippen LogP contribution < -0.4 is 0 Å². The van der Waals surface area contributed by atoms with Crippen molar-refractivity contribution in [3.05, 3.63) is 71.0 Å². The first-order valence-electron chi connectivity index (χ1n) is 10.0. The lowest BCUT2D eigenvalue weighted by atomic mass is 9.86. The third-order valence-electron chi connectivity index (χ3n) is 5.31. The molecule has 0 aliphatic carbocycles. The molecule has 0 aliphatic heterocycles. The SMILES string of the molecule is Cc1nc(-c2ccc(C(C)(C)C)cc2)c(C)c(-c2ccc(C(C)(C)C)cc2)n1. The van der Waals surface area contributed by atoms with Gasteiger partial charge in [0, 0.05) is 16.7 Å². The van der Waals surface area contributed by atoms with Gasteiger partial charge in [-0.3, -0.25) is 0 Å². The maximum atomic E-state index is 4.77. The quantitative estimate of drug-likeness (QED) is 0.483. The van der Waals surface area contributed by atoms with E-state index >= 15 is 0 Å². The van der Waals surface area contributed by atoms with Gasteiger partial charge in [-0.2, -0.15) is 0 Å². The number of rotatable bonds is 2. The van der Waals surface area contributed by atoms with E-state index in [1.54, 1.807) is 0 Å². The Morgan fingerprint density at radius 2 is 0.857 bits per heavy atom. The van der Waals surface area contributed by atoms with Gasteiger partial charge >= 0.3 is 0 Å². The van der Waals surface area contributed by atoms with Gasteiger partial charge in [-0.25, -0.2) is 9.97 Å². The van der Waals surface area contributed by atoms with Gasteiger partial charge in [-0.05, 0) is 35.8 Å². The van der Waals surface area contributed by atoms with Gasteiger partial charge in [-0.1, -0.05) is 90.1 Å². The summed E-state index contributed by atoms with van der Waals surface area (Å²) in [5.41, 5.74) is 8.40. The maximum Gasteiger partial charge on any atom is 0.126 e. The fourth-order valence-corrected chi connectivity index (χ4v) is 3.45. The standard InChI is InChI=1S/C26H32N2/c1-17-23(19-9-13-21(14-10-19)25(3,4)5)27-18(2)28-24(17)20-11-15-22(16-12-20)26(6,7)8/h9-16H,1-8H3. The molecule has 0 amide bonds. The first-order chi connectivity index (χ1) is 13.0. The molecule has 2 nitrogen and oxygen atoms in total. The monoisotopic (exact) mass is 372 g/mol. The van der Waals surface area contributed by atoms with Crippen molar-refractivity contribution in [2.45, 2.75) is 66.2 Å². The van der Waals surface area contributed by atoms with E-state index in [1.165, 1.54) is 11.1 Å². The average Bonchev–Trinajstić information content (AvgIpc) is 2.62. The van der Waals surface area contributed by atoms with Crippen LogP contribution in [0, 0.1) is 13.8 Å². The van der Waals surface area contributed by atoms with Crippen molar-refractivity contribution >= 4 is 0 Å². The second-order valence-electron chi connectivity index (χ2n) is 9.75. The molecule has 0 spiro atoms. The van der Waals surface area contributed by atoms with Crippen molar-refractivity contribution in [1.82, 2.24) is 9.97 Å². The Hall–Kier alpha value is -2.48. The first kappa shape index (κ1) is 20.3. The van der Waals surface area contributed by atoms with E-state index in [1.807, 2.05) is 6.92 Å². The van der Waals surface area contributed by atoms with Crippen LogP contribution >= 0.6 is 0 Å². The number of hydrogen-bond acceptors (Lipinski definition) is 2. The first-order valence-corrected chi connectivity index (χ1v) is 10.0. The van der Waals surface area contributed by atoms with Gasteiger partial charge < -0.3 is 0 Å². The lowest BCUT2D eigenvalue weighted by molar-refractivity contribution is 0.590. The summed E-state index contributed by atoms with van der Waals surface area (Å²) in [4.78, 5) is 9.53.